The summed E-state index contributed by atoms with van der Waals surface area (Å²) >= 11 is 5.31. The Morgan fingerprint density at radius 2 is 1.79 bits per heavy atom. The van der Waals surface area contributed by atoms with Gasteiger partial charge < -0.3 is 10.1 Å². The molecule has 0 saturated heterocycles. The van der Waals surface area contributed by atoms with Crippen molar-refractivity contribution in [2.24, 2.45) is 0 Å². The molecule has 0 spiro atoms. The van der Waals surface area contributed by atoms with Crippen molar-refractivity contribution in [3.05, 3.63) is 63.7 Å². The quantitative estimate of drug-likeness (QED) is 0.357. The zero-order valence-electron chi connectivity index (χ0n) is 15.9. The Bertz CT molecular complexity index is 1140. The summed E-state index contributed by atoms with van der Waals surface area (Å²) in [6, 6.07) is 16.3. The highest BCUT2D eigenvalue weighted by atomic mass is 79.9. The first-order valence-corrected chi connectivity index (χ1v) is 10.7. The molecule has 1 N–H and O–H groups in total. The molecule has 0 saturated carbocycles. The average molecular weight is 454 g/mol. The molecule has 0 aliphatic heterocycles. The van der Waals surface area contributed by atoms with Crippen LogP contribution in [0.2, 0.25) is 0 Å². The fourth-order valence-corrected chi connectivity index (χ4v) is 4.71. The lowest BCUT2D eigenvalue weighted by atomic mass is 10.0. The van der Waals surface area contributed by atoms with Crippen LogP contribution in [0.4, 0.5) is 11.5 Å². The smallest absolute Gasteiger partial charge is 0.143 e. The molecule has 0 aliphatic rings. The van der Waals surface area contributed by atoms with Gasteiger partial charge in [-0.05, 0) is 66.5 Å². The molecule has 4 aromatic rings. The minimum absolute atomic E-state index is 0.660. The molecule has 142 valence electrons. The third-order valence-corrected chi connectivity index (χ3v) is 6.11. The highest BCUT2D eigenvalue weighted by molar-refractivity contribution is 9.10. The summed E-state index contributed by atoms with van der Waals surface area (Å²) in [7, 11) is 0. The topological polar surface area (TPSA) is 47.0 Å². The molecule has 0 bridgehead atoms. The second kappa shape index (κ2) is 7.89. The van der Waals surface area contributed by atoms with Gasteiger partial charge in [0.2, 0.25) is 0 Å². The lowest BCUT2D eigenvalue weighted by Crippen LogP contribution is -1.99. The van der Waals surface area contributed by atoms with Gasteiger partial charge >= 0.3 is 0 Å². The van der Waals surface area contributed by atoms with E-state index in [9.17, 15) is 0 Å². The van der Waals surface area contributed by atoms with E-state index in [0.29, 0.717) is 6.61 Å². The molecular weight excluding hydrogens is 434 g/mol. The van der Waals surface area contributed by atoms with Crippen molar-refractivity contribution in [3.8, 4) is 16.9 Å². The predicted molar refractivity (Wildman–Crippen MR) is 121 cm³/mol. The van der Waals surface area contributed by atoms with E-state index >= 15 is 0 Å². The SMILES string of the molecule is CCOc1ccc(-c2c(C)sc3nc(C)nc(Nc4ccccc4Br)c23)cc1. The molecule has 0 aliphatic carbocycles. The molecule has 2 heterocycles. The molecule has 28 heavy (non-hydrogen) atoms. The summed E-state index contributed by atoms with van der Waals surface area (Å²) in [5.74, 6) is 2.45. The number of fused-ring (bicyclic) bond motifs is 1. The van der Waals surface area contributed by atoms with E-state index in [0.717, 1.165) is 48.9 Å². The van der Waals surface area contributed by atoms with Crippen LogP contribution < -0.4 is 10.1 Å². The van der Waals surface area contributed by atoms with Crippen molar-refractivity contribution in [2.75, 3.05) is 11.9 Å². The highest BCUT2D eigenvalue weighted by Gasteiger charge is 2.18. The predicted octanol–water partition coefficient (Wildman–Crippen LogP) is 6.88. The van der Waals surface area contributed by atoms with Gasteiger partial charge in [-0.15, -0.1) is 11.3 Å². The Balaban J connectivity index is 1.87. The first-order chi connectivity index (χ1) is 13.6. The standard InChI is InChI=1S/C22H20BrN3OS/c1-4-27-16-11-9-15(10-12-16)19-13(2)28-22-20(19)21(24-14(3)25-22)26-18-8-6-5-7-17(18)23/h5-12H,4H2,1-3H3,(H,24,25,26). The van der Waals surface area contributed by atoms with Crippen LogP contribution in [0.1, 0.15) is 17.6 Å². The fourth-order valence-electron chi connectivity index (χ4n) is 3.23. The number of thiophene rings is 1. The van der Waals surface area contributed by atoms with Crippen molar-refractivity contribution >= 4 is 49.0 Å². The summed E-state index contributed by atoms with van der Waals surface area (Å²) in [6.07, 6.45) is 0. The summed E-state index contributed by atoms with van der Waals surface area (Å²) in [4.78, 5) is 11.6. The Labute approximate surface area is 176 Å². The van der Waals surface area contributed by atoms with Gasteiger partial charge in [0.05, 0.1) is 17.7 Å². The molecule has 0 unspecified atom stereocenters. The van der Waals surface area contributed by atoms with Crippen molar-refractivity contribution < 1.29 is 4.74 Å². The van der Waals surface area contributed by atoms with Gasteiger partial charge in [0.25, 0.3) is 0 Å². The maximum atomic E-state index is 5.59. The Morgan fingerprint density at radius 3 is 2.50 bits per heavy atom. The van der Waals surface area contributed by atoms with E-state index in [1.54, 1.807) is 11.3 Å². The lowest BCUT2D eigenvalue weighted by Gasteiger charge is -2.12. The summed E-state index contributed by atoms with van der Waals surface area (Å²) < 4.78 is 6.58. The molecule has 2 aromatic carbocycles. The van der Waals surface area contributed by atoms with E-state index in [1.807, 2.05) is 50.2 Å². The van der Waals surface area contributed by atoms with Crippen molar-refractivity contribution in [2.45, 2.75) is 20.8 Å². The highest BCUT2D eigenvalue weighted by Crippen LogP contribution is 2.42. The van der Waals surface area contributed by atoms with Gasteiger partial charge in [0, 0.05) is 14.9 Å². The molecule has 4 rings (SSSR count). The molecule has 2 aromatic heterocycles. The van der Waals surface area contributed by atoms with Gasteiger partial charge in [-0.1, -0.05) is 24.3 Å². The van der Waals surface area contributed by atoms with E-state index in [-0.39, 0.29) is 0 Å². The van der Waals surface area contributed by atoms with Crippen LogP contribution in [-0.4, -0.2) is 16.6 Å². The van der Waals surface area contributed by atoms with Crippen LogP contribution in [0.15, 0.2) is 53.0 Å². The van der Waals surface area contributed by atoms with Gasteiger partial charge in [-0.3, -0.25) is 0 Å². The van der Waals surface area contributed by atoms with Crippen molar-refractivity contribution in [1.82, 2.24) is 9.97 Å². The summed E-state index contributed by atoms with van der Waals surface area (Å²) in [6.45, 7) is 6.71. The Hall–Kier alpha value is -2.44. The van der Waals surface area contributed by atoms with E-state index in [2.05, 4.69) is 45.3 Å². The normalized spacial score (nSPS) is 11.0. The first-order valence-electron chi connectivity index (χ1n) is 9.09. The second-order valence-electron chi connectivity index (χ2n) is 6.40. The van der Waals surface area contributed by atoms with Gasteiger partial charge in [0.1, 0.15) is 22.2 Å². The van der Waals surface area contributed by atoms with Crippen LogP contribution in [0, 0.1) is 13.8 Å². The Kier molecular flexibility index (Phi) is 5.33. The third kappa shape index (κ3) is 3.62. The molecular formula is C22H20BrN3OS. The number of nitrogens with zero attached hydrogens (tertiary/aromatic N) is 2. The van der Waals surface area contributed by atoms with Crippen LogP contribution in [0.5, 0.6) is 5.75 Å². The number of para-hydroxylation sites is 1. The molecule has 0 radical (unpaired) electrons. The van der Waals surface area contributed by atoms with Gasteiger partial charge in [-0.25, -0.2) is 9.97 Å². The van der Waals surface area contributed by atoms with Crippen LogP contribution >= 0.6 is 27.3 Å². The number of hydrogen-bond donors (Lipinski definition) is 1. The summed E-state index contributed by atoms with van der Waals surface area (Å²) in [5.41, 5.74) is 3.27. The number of hydrogen-bond acceptors (Lipinski definition) is 5. The molecule has 6 heteroatoms. The lowest BCUT2D eigenvalue weighted by molar-refractivity contribution is 0.340. The number of halogens is 1. The maximum Gasteiger partial charge on any atom is 0.143 e. The maximum absolute atomic E-state index is 5.59. The molecule has 0 fully saturated rings. The molecule has 0 atom stereocenters. The number of nitrogens with one attached hydrogen (secondary N) is 1. The van der Waals surface area contributed by atoms with E-state index < -0.39 is 0 Å². The number of ether oxygens (including phenoxy) is 1. The zero-order chi connectivity index (χ0) is 19.7. The first kappa shape index (κ1) is 18.9. The van der Waals surface area contributed by atoms with E-state index in [1.165, 1.54) is 4.88 Å². The van der Waals surface area contributed by atoms with Gasteiger partial charge in [0.15, 0.2) is 0 Å². The molecule has 0 amide bonds. The third-order valence-electron chi connectivity index (χ3n) is 4.42. The Morgan fingerprint density at radius 1 is 1.04 bits per heavy atom. The molecule has 4 nitrogen and oxygen atoms in total. The number of rotatable bonds is 5. The second-order valence-corrected chi connectivity index (χ2v) is 8.45. The van der Waals surface area contributed by atoms with Gasteiger partial charge in [-0.2, -0.15) is 0 Å². The number of benzene rings is 2. The summed E-state index contributed by atoms with van der Waals surface area (Å²) in [5, 5.41) is 4.54. The average Bonchev–Trinajstić information content (AvgIpc) is 3.00. The zero-order valence-corrected chi connectivity index (χ0v) is 18.3. The minimum atomic E-state index is 0.660. The van der Waals surface area contributed by atoms with Crippen LogP contribution in [0.25, 0.3) is 21.3 Å². The van der Waals surface area contributed by atoms with Crippen molar-refractivity contribution in [3.63, 3.8) is 0 Å². The largest absolute Gasteiger partial charge is 0.494 e. The van der Waals surface area contributed by atoms with Crippen LogP contribution in [0.3, 0.4) is 0 Å². The minimum Gasteiger partial charge on any atom is -0.494 e. The number of aryl methyl sites for hydroxylation is 2. The number of aromatic nitrogens is 2. The number of anilines is 2. The van der Waals surface area contributed by atoms with Crippen LogP contribution in [-0.2, 0) is 0 Å². The van der Waals surface area contributed by atoms with Crippen molar-refractivity contribution in [1.29, 1.82) is 0 Å². The fraction of sp³-hybridized carbons (Fsp3) is 0.182. The van der Waals surface area contributed by atoms with E-state index in [4.69, 9.17) is 9.72 Å². The monoisotopic (exact) mass is 453 g/mol.